The van der Waals surface area contributed by atoms with E-state index in [1.807, 2.05) is 0 Å². The van der Waals surface area contributed by atoms with E-state index in [0.717, 1.165) is 0 Å². The van der Waals surface area contributed by atoms with Crippen molar-refractivity contribution < 1.29 is 46.9 Å². The third-order valence-electron chi connectivity index (χ3n) is 5.39. The second-order valence-corrected chi connectivity index (χ2v) is 8.78. The number of halogens is 2. The molecular weight excluding hydrogens is 394 g/mol. The zero-order valence-electron chi connectivity index (χ0n) is 16.6. The second kappa shape index (κ2) is 7.21. The van der Waals surface area contributed by atoms with Crippen molar-refractivity contribution in [3.05, 3.63) is 0 Å². The van der Waals surface area contributed by atoms with Gasteiger partial charge in [-0.05, 0) is 27.2 Å². The number of fused-ring (bicyclic) bond motifs is 1. The van der Waals surface area contributed by atoms with Crippen LogP contribution in [0.1, 0.15) is 40.5 Å². The molecule has 3 aliphatic rings. The van der Waals surface area contributed by atoms with Crippen molar-refractivity contribution in [2.24, 2.45) is 23.7 Å². The van der Waals surface area contributed by atoms with Crippen LogP contribution < -0.4 is 0 Å². The molecule has 1 heterocycles. The first kappa shape index (κ1) is 21.4. The molecule has 6 atom stereocenters. The Morgan fingerprint density at radius 2 is 1.79 bits per heavy atom. The molecule has 1 saturated heterocycles. The van der Waals surface area contributed by atoms with Crippen LogP contribution in [0.4, 0.5) is 8.78 Å². The molecule has 2 aliphatic carbocycles. The Kier molecular flexibility index (Phi) is 5.33. The van der Waals surface area contributed by atoms with Crippen LogP contribution in [0, 0.1) is 23.7 Å². The number of hydrogen-bond donors (Lipinski definition) is 0. The molecule has 8 nitrogen and oxygen atoms in total. The first-order chi connectivity index (χ1) is 13.3. The van der Waals surface area contributed by atoms with Crippen molar-refractivity contribution in [3.8, 4) is 0 Å². The van der Waals surface area contributed by atoms with Crippen LogP contribution in [0.15, 0.2) is 0 Å². The van der Waals surface area contributed by atoms with E-state index in [1.54, 1.807) is 20.8 Å². The lowest BCUT2D eigenvalue weighted by Gasteiger charge is -2.30. The van der Waals surface area contributed by atoms with E-state index in [2.05, 4.69) is 0 Å². The van der Waals surface area contributed by atoms with Gasteiger partial charge in [-0.3, -0.25) is 14.4 Å². The molecule has 29 heavy (non-hydrogen) atoms. The zero-order valence-corrected chi connectivity index (χ0v) is 16.6. The van der Waals surface area contributed by atoms with E-state index < -0.39 is 65.4 Å². The van der Waals surface area contributed by atoms with Crippen LogP contribution in [-0.2, 0) is 38.1 Å². The monoisotopic (exact) mass is 418 g/mol. The highest BCUT2D eigenvalue weighted by atomic mass is 19.3. The predicted molar refractivity (Wildman–Crippen MR) is 90.4 cm³/mol. The van der Waals surface area contributed by atoms with Crippen LogP contribution >= 0.6 is 0 Å². The first-order valence-corrected chi connectivity index (χ1v) is 9.47. The Morgan fingerprint density at radius 3 is 2.38 bits per heavy atom. The van der Waals surface area contributed by atoms with Gasteiger partial charge in [0.05, 0.1) is 18.3 Å². The highest BCUT2D eigenvalue weighted by Crippen LogP contribution is 2.59. The van der Waals surface area contributed by atoms with E-state index in [0.29, 0.717) is 13.3 Å². The number of hydrogen-bond acceptors (Lipinski definition) is 8. The molecule has 0 radical (unpaired) electrons. The SMILES string of the molecule is CC(C)(C)OC(=O)CCOC(=O)C1C2CC3C(OC(=O)C31)C2OC(=O)C(C)(F)F. The summed E-state index contributed by atoms with van der Waals surface area (Å²) in [6.45, 7) is 5.28. The van der Waals surface area contributed by atoms with Crippen molar-refractivity contribution in [2.45, 2.75) is 64.3 Å². The topological polar surface area (TPSA) is 105 Å². The fraction of sp³-hybridized carbons (Fsp3) is 0.789. The van der Waals surface area contributed by atoms with Gasteiger partial charge in [0.2, 0.25) is 0 Å². The Balaban J connectivity index is 1.63. The molecule has 1 aliphatic heterocycles. The quantitative estimate of drug-likeness (QED) is 0.474. The molecule has 0 amide bonds. The number of carbonyl (C=O) groups is 4. The number of ether oxygens (including phenoxy) is 4. The van der Waals surface area contributed by atoms with E-state index in [4.69, 9.17) is 18.9 Å². The summed E-state index contributed by atoms with van der Waals surface area (Å²) in [5.41, 5.74) is -0.674. The summed E-state index contributed by atoms with van der Waals surface area (Å²) >= 11 is 0. The van der Waals surface area contributed by atoms with Crippen LogP contribution in [-0.4, -0.2) is 54.2 Å². The second-order valence-electron chi connectivity index (χ2n) is 8.78. The lowest BCUT2D eigenvalue weighted by molar-refractivity contribution is -0.186. The molecule has 2 bridgehead atoms. The maximum atomic E-state index is 13.2. The van der Waals surface area contributed by atoms with Crippen LogP contribution in [0.5, 0.6) is 0 Å². The van der Waals surface area contributed by atoms with Gasteiger partial charge in [0.25, 0.3) is 0 Å². The highest BCUT2D eigenvalue weighted by Gasteiger charge is 2.70. The van der Waals surface area contributed by atoms with Gasteiger partial charge in [-0.2, -0.15) is 8.78 Å². The molecule has 0 aromatic heterocycles. The standard InChI is InChI=1S/C19H24F2O8/c1-18(2,3)29-10(22)5-6-26-15(23)11-8-7-9-12(11)16(24)27-13(9)14(8)28-17(25)19(4,20)21/h8-9,11-14H,5-7H2,1-4H3. The average Bonchev–Trinajstić information content (AvgIpc) is 3.15. The van der Waals surface area contributed by atoms with Gasteiger partial charge in [-0.25, -0.2) is 4.79 Å². The molecular formula is C19H24F2O8. The lowest BCUT2D eigenvalue weighted by Crippen LogP contribution is -2.45. The van der Waals surface area contributed by atoms with E-state index in [-0.39, 0.29) is 18.9 Å². The van der Waals surface area contributed by atoms with Crippen LogP contribution in [0.2, 0.25) is 0 Å². The van der Waals surface area contributed by atoms with Gasteiger partial charge in [-0.1, -0.05) is 0 Å². The predicted octanol–water partition coefficient (Wildman–Crippen LogP) is 1.64. The maximum Gasteiger partial charge on any atom is 0.377 e. The zero-order chi connectivity index (χ0) is 21.7. The fourth-order valence-electron chi connectivity index (χ4n) is 4.42. The largest absolute Gasteiger partial charge is 0.465 e. The van der Waals surface area contributed by atoms with Crippen LogP contribution in [0.3, 0.4) is 0 Å². The molecule has 6 unspecified atom stereocenters. The summed E-state index contributed by atoms with van der Waals surface area (Å²) in [5, 5.41) is 0. The van der Waals surface area contributed by atoms with Crippen molar-refractivity contribution in [3.63, 3.8) is 0 Å². The molecule has 3 fully saturated rings. The van der Waals surface area contributed by atoms with E-state index >= 15 is 0 Å². The van der Waals surface area contributed by atoms with Gasteiger partial charge >= 0.3 is 29.8 Å². The lowest BCUT2D eigenvalue weighted by atomic mass is 9.78. The third kappa shape index (κ3) is 4.20. The van der Waals surface area contributed by atoms with Crippen molar-refractivity contribution >= 4 is 23.9 Å². The summed E-state index contributed by atoms with van der Waals surface area (Å²) in [7, 11) is 0. The van der Waals surface area contributed by atoms with E-state index in [1.165, 1.54) is 0 Å². The smallest absolute Gasteiger partial charge is 0.377 e. The minimum absolute atomic E-state index is 0.165. The van der Waals surface area contributed by atoms with Crippen molar-refractivity contribution in [1.29, 1.82) is 0 Å². The Hall–Kier alpha value is -2.26. The summed E-state index contributed by atoms with van der Waals surface area (Å²) in [4.78, 5) is 48.1. The third-order valence-corrected chi connectivity index (χ3v) is 5.39. The summed E-state index contributed by atoms with van der Waals surface area (Å²) in [5.74, 6) is -10.1. The number of rotatable bonds is 6. The molecule has 0 N–H and O–H groups in total. The molecule has 0 aromatic carbocycles. The van der Waals surface area contributed by atoms with Crippen molar-refractivity contribution in [1.82, 2.24) is 0 Å². The molecule has 3 rings (SSSR count). The number of carbonyl (C=O) groups excluding carboxylic acids is 4. The van der Waals surface area contributed by atoms with Gasteiger partial charge in [0, 0.05) is 18.8 Å². The average molecular weight is 418 g/mol. The van der Waals surface area contributed by atoms with Gasteiger partial charge in [0.1, 0.15) is 24.4 Å². The van der Waals surface area contributed by atoms with Crippen molar-refractivity contribution in [2.75, 3.05) is 6.61 Å². The Bertz CT molecular complexity index is 723. The Labute approximate surface area is 166 Å². The first-order valence-electron chi connectivity index (χ1n) is 9.47. The van der Waals surface area contributed by atoms with Gasteiger partial charge in [0.15, 0.2) is 0 Å². The minimum Gasteiger partial charge on any atom is -0.465 e. The normalized spacial score (nSPS) is 32.7. The van der Waals surface area contributed by atoms with Gasteiger partial charge < -0.3 is 18.9 Å². The number of alkyl halides is 2. The fourth-order valence-corrected chi connectivity index (χ4v) is 4.42. The maximum absolute atomic E-state index is 13.2. The minimum atomic E-state index is -3.70. The Morgan fingerprint density at radius 1 is 1.14 bits per heavy atom. The highest BCUT2D eigenvalue weighted by molar-refractivity contribution is 5.86. The molecule has 0 spiro atoms. The summed E-state index contributed by atoms with van der Waals surface area (Å²) < 4.78 is 46.8. The summed E-state index contributed by atoms with van der Waals surface area (Å²) in [6.07, 6.45) is -1.78. The van der Waals surface area contributed by atoms with E-state index in [9.17, 15) is 28.0 Å². The molecule has 0 aromatic rings. The molecule has 162 valence electrons. The summed E-state index contributed by atoms with van der Waals surface area (Å²) in [6, 6.07) is 0. The van der Waals surface area contributed by atoms with Crippen LogP contribution in [0.25, 0.3) is 0 Å². The molecule has 10 heteroatoms. The number of esters is 4. The van der Waals surface area contributed by atoms with Gasteiger partial charge in [-0.15, -0.1) is 0 Å². The molecule has 2 saturated carbocycles.